The number of aromatic nitrogens is 3. The zero-order valence-corrected chi connectivity index (χ0v) is 15.9. The van der Waals surface area contributed by atoms with Gasteiger partial charge in [0.2, 0.25) is 10.0 Å². The van der Waals surface area contributed by atoms with Crippen molar-refractivity contribution in [3.63, 3.8) is 0 Å². The highest BCUT2D eigenvalue weighted by atomic mass is 35.5. The molecule has 136 valence electrons. The van der Waals surface area contributed by atoms with Crippen LogP contribution in [-0.2, 0) is 16.6 Å². The number of nitrogens with zero attached hydrogens (tertiary/aromatic N) is 4. The normalized spacial score (nSPS) is 18.6. The first-order valence-electron chi connectivity index (χ1n) is 8.57. The number of aryl methyl sites for hydroxylation is 1. The van der Waals surface area contributed by atoms with Crippen molar-refractivity contribution < 1.29 is 8.42 Å². The van der Waals surface area contributed by atoms with Crippen LogP contribution < -0.4 is 0 Å². The van der Waals surface area contributed by atoms with Crippen LogP contribution in [0.5, 0.6) is 0 Å². The smallest absolute Gasteiger partial charge is 0.243 e. The fourth-order valence-corrected chi connectivity index (χ4v) is 5.33. The number of benzene rings is 1. The maximum Gasteiger partial charge on any atom is 0.243 e. The van der Waals surface area contributed by atoms with Gasteiger partial charge in [0.1, 0.15) is 11.3 Å². The van der Waals surface area contributed by atoms with E-state index in [4.69, 9.17) is 16.6 Å². The third-order valence-electron chi connectivity index (χ3n) is 4.80. The zero-order valence-electron chi connectivity index (χ0n) is 14.3. The minimum atomic E-state index is -3.56. The molecule has 1 atom stereocenters. The Labute approximate surface area is 157 Å². The van der Waals surface area contributed by atoms with Crippen LogP contribution in [0.3, 0.4) is 0 Å². The Morgan fingerprint density at radius 2 is 2.12 bits per heavy atom. The first kappa shape index (κ1) is 17.5. The molecule has 0 unspecified atom stereocenters. The average molecular weight is 391 g/mol. The lowest BCUT2D eigenvalue weighted by Crippen LogP contribution is -2.29. The summed E-state index contributed by atoms with van der Waals surface area (Å²) in [5.74, 6) is 0.961. The van der Waals surface area contributed by atoms with Gasteiger partial charge < -0.3 is 4.57 Å². The summed E-state index contributed by atoms with van der Waals surface area (Å²) in [5, 5.41) is 0.417. The van der Waals surface area contributed by atoms with Gasteiger partial charge in [0.15, 0.2) is 5.65 Å². The molecule has 0 spiro atoms. The quantitative estimate of drug-likeness (QED) is 0.685. The van der Waals surface area contributed by atoms with Crippen molar-refractivity contribution in [2.75, 3.05) is 13.1 Å². The van der Waals surface area contributed by atoms with E-state index in [9.17, 15) is 8.42 Å². The van der Waals surface area contributed by atoms with Crippen LogP contribution in [0.25, 0.3) is 11.2 Å². The lowest BCUT2D eigenvalue weighted by atomic mass is 10.1. The van der Waals surface area contributed by atoms with Crippen LogP contribution in [0.4, 0.5) is 0 Å². The lowest BCUT2D eigenvalue weighted by molar-refractivity contribution is 0.469. The Balaban J connectivity index is 1.65. The molecular weight excluding hydrogens is 372 g/mol. The topological polar surface area (TPSA) is 68.1 Å². The van der Waals surface area contributed by atoms with Gasteiger partial charge in [-0.2, -0.15) is 4.31 Å². The standard InChI is InChI=1S/C18H19ClN4O2S/c1-2-23-17(21-16-7-4-9-20-18(16)23)13-8-10-22(12-13)26(24,25)15-6-3-5-14(19)11-15/h3-7,9,11,13H,2,8,10,12H2,1H3/t13-/m1/s1. The third kappa shape index (κ3) is 2.90. The Hall–Kier alpha value is -1.96. The number of hydrogen-bond donors (Lipinski definition) is 0. The first-order valence-corrected chi connectivity index (χ1v) is 10.4. The summed E-state index contributed by atoms with van der Waals surface area (Å²) in [7, 11) is -3.56. The molecule has 1 aliphatic heterocycles. The molecule has 2 aromatic heterocycles. The summed E-state index contributed by atoms with van der Waals surface area (Å²) < 4.78 is 29.4. The summed E-state index contributed by atoms with van der Waals surface area (Å²) in [4.78, 5) is 9.38. The molecule has 0 N–H and O–H groups in total. The van der Waals surface area contributed by atoms with Gasteiger partial charge in [-0.25, -0.2) is 18.4 Å². The molecule has 26 heavy (non-hydrogen) atoms. The van der Waals surface area contributed by atoms with E-state index in [2.05, 4.69) is 16.5 Å². The maximum atomic E-state index is 12.9. The summed E-state index contributed by atoms with van der Waals surface area (Å²) in [6.07, 6.45) is 2.49. The van der Waals surface area contributed by atoms with Gasteiger partial charge >= 0.3 is 0 Å². The number of fused-ring (bicyclic) bond motifs is 1. The monoisotopic (exact) mass is 390 g/mol. The molecular formula is C18H19ClN4O2S. The minimum Gasteiger partial charge on any atom is -0.313 e. The van der Waals surface area contributed by atoms with E-state index in [0.29, 0.717) is 18.1 Å². The molecule has 0 bridgehead atoms. The van der Waals surface area contributed by atoms with Crippen molar-refractivity contribution in [2.24, 2.45) is 0 Å². The van der Waals surface area contributed by atoms with E-state index in [1.165, 1.54) is 10.4 Å². The van der Waals surface area contributed by atoms with Crippen molar-refractivity contribution in [1.82, 2.24) is 18.8 Å². The molecule has 3 aromatic rings. The highest BCUT2D eigenvalue weighted by Gasteiger charge is 2.35. The Morgan fingerprint density at radius 3 is 2.88 bits per heavy atom. The minimum absolute atomic E-state index is 0.0538. The Morgan fingerprint density at radius 1 is 1.27 bits per heavy atom. The zero-order chi connectivity index (χ0) is 18.3. The molecule has 0 amide bonds. The van der Waals surface area contributed by atoms with Gasteiger partial charge in [0.05, 0.1) is 4.90 Å². The van der Waals surface area contributed by atoms with Crippen molar-refractivity contribution in [1.29, 1.82) is 0 Å². The largest absolute Gasteiger partial charge is 0.313 e. The number of pyridine rings is 1. The molecule has 0 radical (unpaired) electrons. The first-order chi connectivity index (χ1) is 12.5. The van der Waals surface area contributed by atoms with Crippen LogP contribution in [0.2, 0.25) is 5.02 Å². The molecule has 0 saturated carbocycles. The average Bonchev–Trinajstić information content (AvgIpc) is 3.26. The summed E-state index contributed by atoms with van der Waals surface area (Å²) in [6, 6.07) is 10.2. The van der Waals surface area contributed by atoms with Gasteiger partial charge in [-0.1, -0.05) is 17.7 Å². The highest BCUT2D eigenvalue weighted by molar-refractivity contribution is 7.89. The predicted octanol–water partition coefficient (Wildman–Crippen LogP) is 3.28. The van der Waals surface area contributed by atoms with E-state index >= 15 is 0 Å². The predicted molar refractivity (Wildman–Crippen MR) is 101 cm³/mol. The van der Waals surface area contributed by atoms with E-state index in [1.54, 1.807) is 24.4 Å². The van der Waals surface area contributed by atoms with Gasteiger partial charge in [-0.15, -0.1) is 0 Å². The van der Waals surface area contributed by atoms with Crippen molar-refractivity contribution in [3.05, 3.63) is 53.4 Å². The second kappa shape index (κ2) is 6.64. The third-order valence-corrected chi connectivity index (χ3v) is 6.90. The molecule has 3 heterocycles. The Kier molecular flexibility index (Phi) is 4.46. The second-order valence-electron chi connectivity index (χ2n) is 6.37. The Bertz CT molecular complexity index is 1060. The van der Waals surface area contributed by atoms with E-state index < -0.39 is 10.0 Å². The summed E-state index contributed by atoms with van der Waals surface area (Å²) in [6.45, 7) is 3.69. The molecule has 4 rings (SSSR count). The van der Waals surface area contributed by atoms with Crippen LogP contribution >= 0.6 is 11.6 Å². The van der Waals surface area contributed by atoms with Crippen molar-refractivity contribution >= 4 is 32.8 Å². The lowest BCUT2D eigenvalue weighted by Gasteiger charge is -2.17. The fourth-order valence-electron chi connectivity index (χ4n) is 3.53. The molecule has 1 fully saturated rings. The van der Waals surface area contributed by atoms with Crippen molar-refractivity contribution in [2.45, 2.75) is 30.7 Å². The highest BCUT2D eigenvalue weighted by Crippen LogP contribution is 2.32. The van der Waals surface area contributed by atoms with Gasteiger partial charge in [0, 0.05) is 36.8 Å². The number of imidazole rings is 1. The fraction of sp³-hybridized carbons (Fsp3) is 0.333. The summed E-state index contributed by atoms with van der Waals surface area (Å²) >= 11 is 5.96. The second-order valence-corrected chi connectivity index (χ2v) is 8.74. The number of halogens is 1. The van der Waals surface area contributed by atoms with Crippen LogP contribution in [-0.4, -0.2) is 40.3 Å². The summed E-state index contributed by atoms with van der Waals surface area (Å²) in [5.41, 5.74) is 1.70. The molecule has 1 aromatic carbocycles. The van der Waals surface area contributed by atoms with Crippen molar-refractivity contribution in [3.8, 4) is 0 Å². The number of rotatable bonds is 4. The van der Waals surface area contributed by atoms with E-state index in [0.717, 1.165) is 30.0 Å². The van der Waals surface area contributed by atoms with Crippen LogP contribution in [0.1, 0.15) is 25.1 Å². The van der Waals surface area contributed by atoms with E-state index in [1.807, 2.05) is 12.1 Å². The number of sulfonamides is 1. The molecule has 0 aliphatic carbocycles. The van der Waals surface area contributed by atoms with Gasteiger partial charge in [0.25, 0.3) is 0 Å². The molecule has 8 heteroatoms. The maximum absolute atomic E-state index is 12.9. The number of hydrogen-bond acceptors (Lipinski definition) is 4. The SMILES string of the molecule is CCn1c([C@@H]2CCN(S(=O)(=O)c3cccc(Cl)c3)C2)nc2cccnc21. The molecule has 1 saturated heterocycles. The molecule has 6 nitrogen and oxygen atoms in total. The molecule has 1 aliphatic rings. The van der Waals surface area contributed by atoms with E-state index in [-0.39, 0.29) is 10.8 Å². The van der Waals surface area contributed by atoms with Gasteiger partial charge in [-0.3, -0.25) is 0 Å². The van der Waals surface area contributed by atoms with Crippen LogP contribution in [0, 0.1) is 0 Å². The van der Waals surface area contributed by atoms with Gasteiger partial charge in [-0.05, 0) is 43.7 Å². The van der Waals surface area contributed by atoms with Crippen LogP contribution in [0.15, 0.2) is 47.5 Å².